The molecule has 166 valence electrons. The number of nitrogens with zero attached hydrogens (tertiary/aromatic N) is 5. The second-order valence-electron chi connectivity index (χ2n) is 7.85. The van der Waals surface area contributed by atoms with Crippen LogP contribution in [0.5, 0.6) is 0 Å². The van der Waals surface area contributed by atoms with Crippen LogP contribution in [0.3, 0.4) is 0 Å². The molecule has 0 unspecified atom stereocenters. The first-order valence-electron chi connectivity index (χ1n) is 9.97. The molecule has 0 aliphatic rings. The first kappa shape index (κ1) is 25.9. The van der Waals surface area contributed by atoms with E-state index in [-0.39, 0.29) is 29.9 Å². The van der Waals surface area contributed by atoms with Gasteiger partial charge in [0, 0.05) is 65.7 Å². The maximum atomic E-state index is 12.1. The van der Waals surface area contributed by atoms with Crippen LogP contribution in [-0.2, 0) is 20.0 Å². The van der Waals surface area contributed by atoms with Crippen LogP contribution < -0.4 is 5.32 Å². The van der Waals surface area contributed by atoms with E-state index in [0.717, 1.165) is 36.7 Å². The topological polar surface area (TPSA) is 65.8 Å². The maximum absolute atomic E-state index is 12.1. The van der Waals surface area contributed by atoms with Gasteiger partial charge in [0.15, 0.2) is 5.96 Å². The van der Waals surface area contributed by atoms with Gasteiger partial charge < -0.3 is 15.1 Å². The highest BCUT2D eigenvalue weighted by Crippen LogP contribution is 2.18. The molecule has 0 aliphatic heterocycles. The number of halogens is 1. The zero-order valence-corrected chi connectivity index (χ0v) is 21.5. The van der Waals surface area contributed by atoms with E-state index in [2.05, 4.69) is 40.4 Å². The maximum Gasteiger partial charge on any atom is 0.253 e. The van der Waals surface area contributed by atoms with Gasteiger partial charge in [-0.1, -0.05) is 26.0 Å². The third-order valence-corrected chi connectivity index (χ3v) is 4.74. The fourth-order valence-electron chi connectivity index (χ4n) is 3.31. The van der Waals surface area contributed by atoms with Crippen LogP contribution in [0.15, 0.2) is 35.5 Å². The predicted octanol–water partition coefficient (Wildman–Crippen LogP) is 3.11. The van der Waals surface area contributed by atoms with Crippen LogP contribution in [0.2, 0.25) is 0 Å². The second-order valence-corrected chi connectivity index (χ2v) is 7.85. The SMILES string of the molecule is CN=C(NCCc1cccc(C(=O)N(C)C)c1)N(C)Cc1cn(C)nc1C(C)C.I. The molecule has 1 amide bonds. The van der Waals surface area contributed by atoms with Gasteiger partial charge in [-0.15, -0.1) is 24.0 Å². The summed E-state index contributed by atoms with van der Waals surface area (Å²) in [4.78, 5) is 20.3. The first-order chi connectivity index (χ1) is 13.7. The Balaban J connectivity index is 0.00000450. The highest BCUT2D eigenvalue weighted by atomic mass is 127. The zero-order valence-electron chi connectivity index (χ0n) is 19.1. The monoisotopic (exact) mass is 526 g/mol. The molecule has 0 saturated heterocycles. The van der Waals surface area contributed by atoms with Crippen molar-refractivity contribution in [3.63, 3.8) is 0 Å². The molecule has 0 bridgehead atoms. The fraction of sp³-hybridized carbons (Fsp3) is 0.500. The molecular formula is C22H35IN6O. The number of guanidine groups is 1. The number of benzene rings is 1. The highest BCUT2D eigenvalue weighted by molar-refractivity contribution is 14.0. The summed E-state index contributed by atoms with van der Waals surface area (Å²) in [6.45, 7) is 5.80. The normalized spacial score (nSPS) is 11.3. The van der Waals surface area contributed by atoms with E-state index in [1.54, 1.807) is 26.0 Å². The quantitative estimate of drug-likeness (QED) is 0.342. The Morgan fingerprint density at radius 1 is 1.27 bits per heavy atom. The van der Waals surface area contributed by atoms with Gasteiger partial charge in [-0.3, -0.25) is 14.5 Å². The van der Waals surface area contributed by atoms with Crippen LogP contribution in [0.4, 0.5) is 0 Å². The van der Waals surface area contributed by atoms with Crippen LogP contribution in [-0.4, -0.2) is 66.2 Å². The van der Waals surface area contributed by atoms with E-state index < -0.39 is 0 Å². The number of carbonyl (C=O) groups excluding carboxylic acids is 1. The summed E-state index contributed by atoms with van der Waals surface area (Å²) < 4.78 is 1.87. The molecule has 1 aromatic carbocycles. The van der Waals surface area contributed by atoms with Gasteiger partial charge in [0.25, 0.3) is 5.91 Å². The number of aromatic nitrogens is 2. The van der Waals surface area contributed by atoms with Crippen molar-refractivity contribution in [1.82, 2.24) is 24.9 Å². The van der Waals surface area contributed by atoms with Crippen LogP contribution in [0.1, 0.15) is 46.9 Å². The minimum atomic E-state index is 0. The standard InChI is InChI=1S/C22H34N6O.HI/c1-16(2)20-19(15-28(7)25-20)14-27(6)22(23-3)24-12-11-17-9-8-10-18(13-17)21(29)26(4)5;/h8-10,13,15-16H,11-12,14H2,1-7H3,(H,23,24);1H. The minimum absolute atomic E-state index is 0. The lowest BCUT2D eigenvalue weighted by molar-refractivity contribution is 0.0827. The Kier molecular flexibility index (Phi) is 10.3. The molecule has 7 nitrogen and oxygen atoms in total. The Morgan fingerprint density at radius 3 is 2.57 bits per heavy atom. The summed E-state index contributed by atoms with van der Waals surface area (Å²) in [6.07, 6.45) is 2.89. The molecule has 30 heavy (non-hydrogen) atoms. The zero-order chi connectivity index (χ0) is 21.6. The Morgan fingerprint density at radius 2 is 1.97 bits per heavy atom. The van der Waals surface area contributed by atoms with Gasteiger partial charge in [0.05, 0.1) is 5.69 Å². The summed E-state index contributed by atoms with van der Waals surface area (Å²) >= 11 is 0. The number of carbonyl (C=O) groups is 1. The van der Waals surface area contributed by atoms with Crippen molar-refractivity contribution in [1.29, 1.82) is 0 Å². The Hall–Kier alpha value is -2.10. The summed E-state index contributed by atoms with van der Waals surface area (Å²) in [5, 5.41) is 8.00. The lowest BCUT2D eigenvalue weighted by Gasteiger charge is -2.22. The van der Waals surface area contributed by atoms with Crippen molar-refractivity contribution in [2.45, 2.75) is 32.7 Å². The molecule has 0 aliphatic carbocycles. The molecule has 0 atom stereocenters. The van der Waals surface area contributed by atoms with Gasteiger partial charge in [-0.2, -0.15) is 5.10 Å². The van der Waals surface area contributed by atoms with Crippen molar-refractivity contribution in [2.75, 3.05) is 34.7 Å². The van der Waals surface area contributed by atoms with Crippen molar-refractivity contribution in [2.24, 2.45) is 12.0 Å². The molecule has 0 radical (unpaired) electrons. The summed E-state index contributed by atoms with van der Waals surface area (Å²) in [7, 11) is 9.31. The minimum Gasteiger partial charge on any atom is -0.356 e. The lowest BCUT2D eigenvalue weighted by atomic mass is 10.1. The number of nitrogens with one attached hydrogen (secondary N) is 1. The number of aliphatic imine (C=N–C) groups is 1. The van der Waals surface area contributed by atoms with Crippen LogP contribution in [0.25, 0.3) is 0 Å². The van der Waals surface area contributed by atoms with Gasteiger partial charge in [0.2, 0.25) is 0 Å². The van der Waals surface area contributed by atoms with Crippen LogP contribution >= 0.6 is 24.0 Å². The average Bonchev–Trinajstić information content (AvgIpc) is 3.05. The third-order valence-electron chi connectivity index (χ3n) is 4.74. The molecule has 0 saturated carbocycles. The van der Waals surface area contributed by atoms with Gasteiger partial charge >= 0.3 is 0 Å². The summed E-state index contributed by atoms with van der Waals surface area (Å²) in [6, 6.07) is 7.79. The third kappa shape index (κ3) is 7.00. The van der Waals surface area contributed by atoms with E-state index in [9.17, 15) is 4.79 Å². The van der Waals surface area contributed by atoms with Crippen molar-refractivity contribution in [3.8, 4) is 0 Å². The van der Waals surface area contributed by atoms with E-state index in [1.165, 1.54) is 5.56 Å². The largest absolute Gasteiger partial charge is 0.356 e. The Labute approximate surface area is 197 Å². The number of hydrogen-bond donors (Lipinski definition) is 1. The van der Waals surface area contributed by atoms with E-state index >= 15 is 0 Å². The molecule has 2 rings (SSSR count). The van der Waals surface area contributed by atoms with Crippen molar-refractivity contribution >= 4 is 35.8 Å². The Bertz CT molecular complexity index is 859. The summed E-state index contributed by atoms with van der Waals surface area (Å²) in [5.74, 6) is 1.24. The smallest absolute Gasteiger partial charge is 0.253 e. The molecule has 1 N–H and O–H groups in total. The second kappa shape index (κ2) is 11.9. The lowest BCUT2D eigenvalue weighted by Crippen LogP contribution is -2.39. The number of aryl methyl sites for hydroxylation is 1. The number of rotatable bonds is 7. The predicted molar refractivity (Wildman–Crippen MR) is 134 cm³/mol. The molecule has 2 aromatic rings. The van der Waals surface area contributed by atoms with Gasteiger partial charge in [-0.05, 0) is 30.0 Å². The molecule has 8 heteroatoms. The van der Waals surface area contributed by atoms with E-state index in [4.69, 9.17) is 0 Å². The van der Waals surface area contributed by atoms with Crippen LogP contribution in [0, 0.1) is 0 Å². The van der Waals surface area contributed by atoms with Crippen molar-refractivity contribution < 1.29 is 4.79 Å². The van der Waals surface area contributed by atoms with Gasteiger partial charge in [-0.25, -0.2) is 0 Å². The number of hydrogen-bond acceptors (Lipinski definition) is 3. The number of amides is 1. The van der Waals surface area contributed by atoms with E-state index in [1.807, 2.05) is 43.0 Å². The molecule has 0 spiro atoms. The first-order valence-corrected chi connectivity index (χ1v) is 9.97. The fourth-order valence-corrected chi connectivity index (χ4v) is 3.31. The molecular weight excluding hydrogens is 491 g/mol. The molecule has 0 fully saturated rings. The highest BCUT2D eigenvalue weighted by Gasteiger charge is 2.15. The van der Waals surface area contributed by atoms with Gasteiger partial charge in [0.1, 0.15) is 0 Å². The molecule has 1 aromatic heterocycles. The average molecular weight is 526 g/mol. The summed E-state index contributed by atoms with van der Waals surface area (Å²) in [5.41, 5.74) is 4.17. The molecule has 1 heterocycles. The van der Waals surface area contributed by atoms with E-state index in [0.29, 0.717) is 11.5 Å². The van der Waals surface area contributed by atoms with Crippen molar-refractivity contribution in [3.05, 3.63) is 52.8 Å².